The third-order valence-electron chi connectivity index (χ3n) is 6.03. The number of hydrogen-bond acceptors (Lipinski definition) is 3. The molecule has 3 rings (SSSR count). The molecule has 0 spiro atoms. The molecule has 0 atom stereocenters. The number of carbonyl (C=O) groups is 1. The Labute approximate surface area is 163 Å². The molecule has 2 aliphatic rings. The SMILES string of the molecule is CCC1CCC(NC(=O)Cc2ccc(S(=O)(=O)N3CCCCC3)cc2)CC1. The van der Waals surface area contributed by atoms with Gasteiger partial charge in [-0.05, 0) is 62.1 Å². The second-order valence-electron chi connectivity index (χ2n) is 7.98. The number of rotatable bonds is 6. The maximum absolute atomic E-state index is 12.7. The molecule has 0 unspecified atom stereocenters. The first-order chi connectivity index (χ1) is 13.0. The van der Waals surface area contributed by atoms with Crippen molar-refractivity contribution in [2.75, 3.05) is 13.1 Å². The standard InChI is InChI=1S/C21H32N2O3S/c1-2-17-6-10-19(11-7-17)22-21(24)16-18-8-12-20(13-9-18)27(25,26)23-14-4-3-5-15-23/h8-9,12-13,17,19H,2-7,10-11,14-16H2,1H3,(H,22,24). The molecular weight excluding hydrogens is 360 g/mol. The number of amides is 1. The quantitative estimate of drug-likeness (QED) is 0.806. The first-order valence-corrected chi connectivity index (χ1v) is 11.8. The molecule has 150 valence electrons. The van der Waals surface area contributed by atoms with Crippen molar-refractivity contribution in [1.29, 1.82) is 0 Å². The minimum atomic E-state index is -3.40. The second-order valence-corrected chi connectivity index (χ2v) is 9.92. The van der Waals surface area contributed by atoms with Crippen LogP contribution in [0.5, 0.6) is 0 Å². The molecular formula is C21H32N2O3S. The maximum Gasteiger partial charge on any atom is 0.243 e. The zero-order valence-corrected chi connectivity index (χ0v) is 17.1. The fourth-order valence-electron chi connectivity index (χ4n) is 4.21. The van der Waals surface area contributed by atoms with E-state index in [-0.39, 0.29) is 5.91 Å². The van der Waals surface area contributed by atoms with E-state index in [2.05, 4.69) is 12.2 Å². The van der Waals surface area contributed by atoms with Crippen LogP contribution in [0.25, 0.3) is 0 Å². The zero-order valence-electron chi connectivity index (χ0n) is 16.3. The maximum atomic E-state index is 12.7. The molecule has 1 saturated carbocycles. The van der Waals surface area contributed by atoms with E-state index in [9.17, 15) is 13.2 Å². The number of hydrogen-bond donors (Lipinski definition) is 1. The van der Waals surface area contributed by atoms with Gasteiger partial charge in [-0.1, -0.05) is 31.9 Å². The predicted octanol–water partition coefficient (Wildman–Crippen LogP) is 3.49. The highest BCUT2D eigenvalue weighted by Crippen LogP contribution is 2.26. The summed E-state index contributed by atoms with van der Waals surface area (Å²) in [7, 11) is -3.40. The Balaban J connectivity index is 1.53. The predicted molar refractivity (Wildman–Crippen MR) is 107 cm³/mol. The summed E-state index contributed by atoms with van der Waals surface area (Å²) in [5, 5.41) is 3.14. The van der Waals surface area contributed by atoms with E-state index < -0.39 is 10.0 Å². The molecule has 2 fully saturated rings. The number of carbonyl (C=O) groups excluding carboxylic acids is 1. The van der Waals surface area contributed by atoms with Gasteiger partial charge in [0.05, 0.1) is 11.3 Å². The van der Waals surface area contributed by atoms with Crippen molar-refractivity contribution in [1.82, 2.24) is 9.62 Å². The third-order valence-corrected chi connectivity index (χ3v) is 7.94. The molecule has 1 aromatic rings. The monoisotopic (exact) mass is 392 g/mol. The summed E-state index contributed by atoms with van der Waals surface area (Å²) in [4.78, 5) is 12.6. The molecule has 0 radical (unpaired) electrons. The Morgan fingerprint density at radius 3 is 2.26 bits per heavy atom. The van der Waals surface area contributed by atoms with Crippen LogP contribution in [-0.2, 0) is 21.2 Å². The molecule has 1 N–H and O–H groups in total. The van der Waals surface area contributed by atoms with Gasteiger partial charge in [0.2, 0.25) is 15.9 Å². The van der Waals surface area contributed by atoms with Gasteiger partial charge in [-0.2, -0.15) is 4.31 Å². The van der Waals surface area contributed by atoms with Crippen LogP contribution in [-0.4, -0.2) is 37.8 Å². The van der Waals surface area contributed by atoms with Crippen LogP contribution in [0.3, 0.4) is 0 Å². The van der Waals surface area contributed by atoms with Gasteiger partial charge < -0.3 is 5.32 Å². The minimum Gasteiger partial charge on any atom is -0.353 e. The number of nitrogens with one attached hydrogen (secondary N) is 1. The fourth-order valence-corrected chi connectivity index (χ4v) is 5.73. The highest BCUT2D eigenvalue weighted by atomic mass is 32.2. The van der Waals surface area contributed by atoms with E-state index >= 15 is 0 Å². The molecule has 0 bridgehead atoms. The molecule has 1 aliphatic carbocycles. The molecule has 1 amide bonds. The summed E-state index contributed by atoms with van der Waals surface area (Å²) < 4.78 is 26.9. The topological polar surface area (TPSA) is 66.5 Å². The van der Waals surface area contributed by atoms with Gasteiger partial charge in [0, 0.05) is 19.1 Å². The number of piperidine rings is 1. The van der Waals surface area contributed by atoms with Crippen molar-refractivity contribution in [3.8, 4) is 0 Å². The fraction of sp³-hybridized carbons (Fsp3) is 0.667. The van der Waals surface area contributed by atoms with Crippen LogP contribution in [0.15, 0.2) is 29.2 Å². The summed E-state index contributed by atoms with van der Waals surface area (Å²) in [5.74, 6) is 0.842. The van der Waals surface area contributed by atoms with Crippen LogP contribution in [0.4, 0.5) is 0 Å². The molecule has 0 aromatic heterocycles. The van der Waals surface area contributed by atoms with Gasteiger partial charge in [0.1, 0.15) is 0 Å². The molecule has 5 nitrogen and oxygen atoms in total. The smallest absolute Gasteiger partial charge is 0.243 e. The number of benzene rings is 1. The van der Waals surface area contributed by atoms with E-state index in [1.165, 1.54) is 19.3 Å². The van der Waals surface area contributed by atoms with Crippen molar-refractivity contribution >= 4 is 15.9 Å². The van der Waals surface area contributed by atoms with E-state index in [0.717, 1.165) is 43.6 Å². The van der Waals surface area contributed by atoms with Crippen molar-refractivity contribution in [3.63, 3.8) is 0 Å². The van der Waals surface area contributed by atoms with Crippen LogP contribution in [0.2, 0.25) is 0 Å². The number of nitrogens with zero attached hydrogens (tertiary/aromatic N) is 1. The van der Waals surface area contributed by atoms with Crippen molar-refractivity contribution in [3.05, 3.63) is 29.8 Å². The lowest BCUT2D eigenvalue weighted by Gasteiger charge is -2.28. The van der Waals surface area contributed by atoms with Crippen LogP contribution >= 0.6 is 0 Å². The molecule has 1 heterocycles. The van der Waals surface area contributed by atoms with Gasteiger partial charge in [-0.3, -0.25) is 4.79 Å². The van der Waals surface area contributed by atoms with Gasteiger partial charge >= 0.3 is 0 Å². The lowest BCUT2D eigenvalue weighted by molar-refractivity contribution is -0.121. The van der Waals surface area contributed by atoms with Gasteiger partial charge in [0.25, 0.3) is 0 Å². The lowest BCUT2D eigenvalue weighted by atomic mass is 9.84. The Morgan fingerprint density at radius 1 is 1.04 bits per heavy atom. The summed E-state index contributed by atoms with van der Waals surface area (Å²) in [5.41, 5.74) is 0.854. The second kappa shape index (κ2) is 9.20. The van der Waals surface area contributed by atoms with Gasteiger partial charge in [0.15, 0.2) is 0 Å². The lowest BCUT2D eigenvalue weighted by Crippen LogP contribution is -2.38. The molecule has 1 aliphatic heterocycles. The first-order valence-electron chi connectivity index (χ1n) is 10.4. The highest BCUT2D eigenvalue weighted by Gasteiger charge is 2.26. The van der Waals surface area contributed by atoms with Crippen molar-refractivity contribution in [2.24, 2.45) is 5.92 Å². The Morgan fingerprint density at radius 2 is 1.67 bits per heavy atom. The Bertz CT molecular complexity index is 716. The molecule has 6 heteroatoms. The summed E-state index contributed by atoms with van der Waals surface area (Å²) in [6.45, 7) is 3.44. The van der Waals surface area contributed by atoms with Crippen LogP contribution in [0.1, 0.15) is 63.9 Å². The summed E-state index contributed by atoms with van der Waals surface area (Å²) in [6, 6.07) is 7.10. The van der Waals surface area contributed by atoms with E-state index in [0.29, 0.717) is 30.4 Å². The van der Waals surface area contributed by atoms with Crippen LogP contribution < -0.4 is 5.32 Å². The third kappa shape index (κ3) is 5.32. The molecule has 1 saturated heterocycles. The Kier molecular flexibility index (Phi) is 6.93. The largest absolute Gasteiger partial charge is 0.353 e. The van der Waals surface area contributed by atoms with E-state index in [1.54, 1.807) is 28.6 Å². The number of sulfonamides is 1. The van der Waals surface area contributed by atoms with Gasteiger partial charge in [-0.25, -0.2) is 8.42 Å². The minimum absolute atomic E-state index is 0.0292. The average molecular weight is 393 g/mol. The van der Waals surface area contributed by atoms with Gasteiger partial charge in [-0.15, -0.1) is 0 Å². The normalized spacial score (nSPS) is 24.5. The van der Waals surface area contributed by atoms with Crippen molar-refractivity contribution in [2.45, 2.75) is 75.6 Å². The van der Waals surface area contributed by atoms with E-state index in [4.69, 9.17) is 0 Å². The Hall–Kier alpha value is -1.40. The summed E-state index contributed by atoms with van der Waals surface area (Å²) >= 11 is 0. The molecule has 1 aromatic carbocycles. The van der Waals surface area contributed by atoms with Crippen LogP contribution in [0, 0.1) is 5.92 Å². The van der Waals surface area contributed by atoms with Crippen molar-refractivity contribution < 1.29 is 13.2 Å². The molecule has 27 heavy (non-hydrogen) atoms. The highest BCUT2D eigenvalue weighted by molar-refractivity contribution is 7.89. The summed E-state index contributed by atoms with van der Waals surface area (Å²) in [6.07, 6.45) is 9.02. The average Bonchev–Trinajstić information content (AvgIpc) is 2.69. The van der Waals surface area contributed by atoms with E-state index in [1.807, 2.05) is 0 Å². The first kappa shape index (κ1) is 20.3. The zero-order chi connectivity index (χ0) is 19.3.